The molecule has 26 heavy (non-hydrogen) atoms. The Kier molecular flexibility index (Phi) is 7.02. The zero-order chi connectivity index (χ0) is 18.9. The minimum Gasteiger partial charge on any atom is -0.494 e. The Bertz CT molecular complexity index is 773. The summed E-state index contributed by atoms with van der Waals surface area (Å²) >= 11 is 0. The molecule has 0 aliphatic heterocycles. The average Bonchev–Trinajstić information content (AvgIpc) is 2.64. The molecule has 0 atom stereocenters. The van der Waals surface area contributed by atoms with Crippen LogP contribution in [0.5, 0.6) is 11.5 Å². The summed E-state index contributed by atoms with van der Waals surface area (Å²) < 4.78 is 10.7. The number of ether oxygens (including phenoxy) is 2. The van der Waals surface area contributed by atoms with E-state index >= 15 is 0 Å². The fourth-order valence-electron chi connectivity index (χ4n) is 2.33. The highest BCUT2D eigenvalue weighted by Crippen LogP contribution is 2.18. The van der Waals surface area contributed by atoms with Crippen LogP contribution in [0.2, 0.25) is 0 Å². The number of amides is 1. The number of carbonyl (C=O) groups excluding carboxylic acids is 1. The largest absolute Gasteiger partial charge is 0.494 e. The lowest BCUT2D eigenvalue weighted by Crippen LogP contribution is -2.23. The van der Waals surface area contributed by atoms with Gasteiger partial charge in [-0.3, -0.25) is 4.79 Å². The maximum absolute atomic E-state index is 12.3. The van der Waals surface area contributed by atoms with Crippen LogP contribution in [0.1, 0.15) is 34.8 Å². The van der Waals surface area contributed by atoms with Crippen LogP contribution in [0, 0.1) is 6.92 Å². The SMILES string of the molecule is CCCOc1ccc(CNC(=O)c2cccc(OCC(=O)O)c2)c(C)c1. The van der Waals surface area contributed by atoms with Crippen LogP contribution in [0.25, 0.3) is 0 Å². The lowest BCUT2D eigenvalue weighted by atomic mass is 10.1. The summed E-state index contributed by atoms with van der Waals surface area (Å²) in [6.07, 6.45) is 0.950. The number of carbonyl (C=O) groups is 2. The number of carboxylic acids is 1. The minimum atomic E-state index is -1.07. The Morgan fingerprint density at radius 2 is 1.85 bits per heavy atom. The fraction of sp³-hybridized carbons (Fsp3) is 0.300. The Labute approximate surface area is 152 Å². The Hall–Kier alpha value is -3.02. The van der Waals surface area contributed by atoms with Gasteiger partial charge in [-0.25, -0.2) is 4.79 Å². The van der Waals surface area contributed by atoms with E-state index in [1.807, 2.05) is 25.1 Å². The van der Waals surface area contributed by atoms with E-state index in [9.17, 15) is 9.59 Å². The van der Waals surface area contributed by atoms with Gasteiger partial charge in [0, 0.05) is 12.1 Å². The molecule has 0 bridgehead atoms. The normalized spacial score (nSPS) is 10.2. The molecule has 0 saturated heterocycles. The molecule has 0 radical (unpaired) electrons. The van der Waals surface area contributed by atoms with Gasteiger partial charge in [-0.05, 0) is 54.8 Å². The van der Waals surface area contributed by atoms with E-state index in [-0.39, 0.29) is 5.91 Å². The molecule has 0 aromatic heterocycles. The van der Waals surface area contributed by atoms with Crippen molar-refractivity contribution in [1.82, 2.24) is 5.32 Å². The predicted octanol–water partition coefficient (Wildman–Crippen LogP) is 3.18. The van der Waals surface area contributed by atoms with Gasteiger partial charge in [-0.15, -0.1) is 0 Å². The van der Waals surface area contributed by atoms with E-state index in [0.717, 1.165) is 23.3 Å². The van der Waals surface area contributed by atoms with Gasteiger partial charge in [0.05, 0.1) is 6.61 Å². The van der Waals surface area contributed by atoms with E-state index in [2.05, 4.69) is 12.2 Å². The molecule has 0 aliphatic rings. The number of hydrogen-bond donors (Lipinski definition) is 2. The highest BCUT2D eigenvalue weighted by molar-refractivity contribution is 5.94. The summed E-state index contributed by atoms with van der Waals surface area (Å²) in [4.78, 5) is 22.9. The topological polar surface area (TPSA) is 84.9 Å². The third kappa shape index (κ3) is 5.81. The quantitative estimate of drug-likeness (QED) is 0.720. The third-order valence-electron chi connectivity index (χ3n) is 3.68. The number of carboxylic acid groups (broad SMARTS) is 1. The molecule has 138 valence electrons. The summed E-state index contributed by atoms with van der Waals surface area (Å²) in [5.74, 6) is -0.158. The maximum Gasteiger partial charge on any atom is 0.341 e. The van der Waals surface area contributed by atoms with E-state index < -0.39 is 12.6 Å². The van der Waals surface area contributed by atoms with Crippen molar-refractivity contribution in [3.05, 3.63) is 59.2 Å². The van der Waals surface area contributed by atoms with Crippen molar-refractivity contribution in [2.45, 2.75) is 26.8 Å². The van der Waals surface area contributed by atoms with Crippen molar-refractivity contribution in [2.75, 3.05) is 13.2 Å². The summed E-state index contributed by atoms with van der Waals surface area (Å²) in [6.45, 7) is 4.64. The Morgan fingerprint density at radius 1 is 1.08 bits per heavy atom. The van der Waals surface area contributed by atoms with Crippen LogP contribution in [0.15, 0.2) is 42.5 Å². The third-order valence-corrected chi connectivity index (χ3v) is 3.68. The van der Waals surface area contributed by atoms with Crippen molar-refractivity contribution in [3.63, 3.8) is 0 Å². The molecule has 1 amide bonds. The second-order valence-corrected chi connectivity index (χ2v) is 5.83. The molecule has 0 fully saturated rings. The monoisotopic (exact) mass is 357 g/mol. The maximum atomic E-state index is 12.3. The first-order valence-corrected chi connectivity index (χ1v) is 8.44. The van der Waals surface area contributed by atoms with Gasteiger partial charge in [0.15, 0.2) is 6.61 Å². The van der Waals surface area contributed by atoms with Gasteiger partial charge >= 0.3 is 5.97 Å². The molecule has 0 aliphatic carbocycles. The van der Waals surface area contributed by atoms with E-state index in [1.165, 1.54) is 6.07 Å². The summed E-state index contributed by atoms with van der Waals surface area (Å²) in [7, 11) is 0. The van der Waals surface area contributed by atoms with Crippen LogP contribution in [-0.2, 0) is 11.3 Å². The van der Waals surface area contributed by atoms with Crippen molar-refractivity contribution >= 4 is 11.9 Å². The number of aryl methyl sites for hydroxylation is 1. The molecular weight excluding hydrogens is 334 g/mol. The average molecular weight is 357 g/mol. The molecule has 2 aromatic rings. The van der Waals surface area contributed by atoms with Crippen LogP contribution < -0.4 is 14.8 Å². The first-order valence-electron chi connectivity index (χ1n) is 8.44. The van der Waals surface area contributed by atoms with Crippen LogP contribution >= 0.6 is 0 Å². The number of aliphatic carboxylic acids is 1. The van der Waals surface area contributed by atoms with Crippen molar-refractivity contribution < 1.29 is 24.2 Å². The molecule has 0 unspecified atom stereocenters. The lowest BCUT2D eigenvalue weighted by Gasteiger charge is -2.11. The zero-order valence-corrected chi connectivity index (χ0v) is 15.0. The van der Waals surface area contributed by atoms with Gasteiger partial charge < -0.3 is 19.9 Å². The van der Waals surface area contributed by atoms with Crippen LogP contribution in [-0.4, -0.2) is 30.2 Å². The standard InChI is InChI=1S/C20H23NO5/c1-3-9-25-18-8-7-16(14(2)10-18)12-21-20(24)15-5-4-6-17(11-15)26-13-19(22)23/h4-8,10-11H,3,9,12-13H2,1-2H3,(H,21,24)(H,22,23). The van der Waals surface area contributed by atoms with Crippen molar-refractivity contribution in [3.8, 4) is 11.5 Å². The van der Waals surface area contributed by atoms with Gasteiger partial charge in [0.2, 0.25) is 0 Å². The van der Waals surface area contributed by atoms with Crippen LogP contribution in [0.3, 0.4) is 0 Å². The predicted molar refractivity (Wildman–Crippen MR) is 97.7 cm³/mol. The van der Waals surface area contributed by atoms with Crippen molar-refractivity contribution in [2.24, 2.45) is 0 Å². The summed E-state index contributed by atoms with van der Waals surface area (Å²) in [5, 5.41) is 11.5. The minimum absolute atomic E-state index is 0.253. The van der Waals surface area contributed by atoms with Crippen molar-refractivity contribution in [1.29, 1.82) is 0 Å². The van der Waals surface area contributed by atoms with Crippen LogP contribution in [0.4, 0.5) is 0 Å². The first-order chi connectivity index (χ1) is 12.5. The molecule has 0 spiro atoms. The molecule has 2 aromatic carbocycles. The number of hydrogen-bond acceptors (Lipinski definition) is 4. The molecule has 2 N–H and O–H groups in total. The van der Waals surface area contributed by atoms with E-state index in [1.54, 1.807) is 18.2 Å². The molecule has 2 rings (SSSR count). The number of rotatable bonds is 9. The van der Waals surface area contributed by atoms with Gasteiger partial charge in [-0.1, -0.05) is 19.1 Å². The molecule has 6 heteroatoms. The molecular formula is C20H23NO5. The molecule has 6 nitrogen and oxygen atoms in total. The number of benzene rings is 2. The van der Waals surface area contributed by atoms with Gasteiger partial charge in [0.25, 0.3) is 5.91 Å². The van der Waals surface area contributed by atoms with Gasteiger partial charge in [-0.2, -0.15) is 0 Å². The molecule has 0 heterocycles. The smallest absolute Gasteiger partial charge is 0.341 e. The highest BCUT2D eigenvalue weighted by atomic mass is 16.5. The highest BCUT2D eigenvalue weighted by Gasteiger charge is 2.09. The second-order valence-electron chi connectivity index (χ2n) is 5.83. The summed E-state index contributed by atoms with van der Waals surface area (Å²) in [5.41, 5.74) is 2.45. The van der Waals surface area contributed by atoms with E-state index in [0.29, 0.717) is 24.5 Å². The zero-order valence-electron chi connectivity index (χ0n) is 15.0. The Balaban J connectivity index is 1.96. The number of nitrogens with one attached hydrogen (secondary N) is 1. The first kappa shape index (κ1) is 19.3. The second kappa shape index (κ2) is 9.46. The van der Waals surface area contributed by atoms with E-state index in [4.69, 9.17) is 14.6 Å². The summed E-state index contributed by atoms with van der Waals surface area (Å²) in [6, 6.07) is 12.2. The lowest BCUT2D eigenvalue weighted by molar-refractivity contribution is -0.139. The molecule has 0 saturated carbocycles. The van der Waals surface area contributed by atoms with Gasteiger partial charge in [0.1, 0.15) is 11.5 Å². The fourth-order valence-corrected chi connectivity index (χ4v) is 2.33. The Morgan fingerprint density at radius 3 is 2.54 bits per heavy atom.